The molecule has 3 aliphatic heterocycles. The molecule has 1 saturated heterocycles. The molecule has 3 heterocycles. The Hall–Kier alpha value is -1.52. The highest BCUT2D eigenvalue weighted by Gasteiger charge is 2.38. The van der Waals surface area contributed by atoms with E-state index in [-0.39, 0.29) is 6.10 Å². The minimum absolute atomic E-state index is 0.209. The van der Waals surface area contributed by atoms with Crippen molar-refractivity contribution in [2.24, 2.45) is 5.92 Å². The van der Waals surface area contributed by atoms with E-state index in [4.69, 9.17) is 0 Å². The van der Waals surface area contributed by atoms with Crippen LogP contribution in [0.25, 0.3) is 5.70 Å². The number of rotatable bonds is 3. The molecule has 3 N–H and O–H groups in total. The minimum atomic E-state index is -0.209. The Kier molecular flexibility index (Phi) is 2.53. The predicted molar refractivity (Wildman–Crippen MR) is 74.0 cm³/mol. The third kappa shape index (κ3) is 1.67. The third-order valence-electron chi connectivity index (χ3n) is 4.60. The van der Waals surface area contributed by atoms with Crippen molar-refractivity contribution in [2.75, 3.05) is 19.8 Å². The van der Waals surface area contributed by atoms with E-state index in [9.17, 15) is 5.11 Å². The lowest BCUT2D eigenvalue weighted by Gasteiger charge is -2.34. The Morgan fingerprint density at radius 1 is 1.32 bits per heavy atom. The number of fused-ring (bicyclic) bond motifs is 3. The molecule has 3 aliphatic rings. The summed E-state index contributed by atoms with van der Waals surface area (Å²) in [5.74, 6) is 0.427. The Bertz CT molecular complexity index is 524. The van der Waals surface area contributed by atoms with Crippen molar-refractivity contribution in [1.29, 1.82) is 0 Å². The van der Waals surface area contributed by atoms with E-state index in [1.807, 2.05) is 0 Å². The van der Waals surface area contributed by atoms with Crippen LogP contribution < -0.4 is 10.6 Å². The van der Waals surface area contributed by atoms with Crippen molar-refractivity contribution >= 4 is 5.70 Å². The van der Waals surface area contributed by atoms with Gasteiger partial charge in [-0.15, -0.1) is 0 Å². The molecule has 4 rings (SSSR count). The van der Waals surface area contributed by atoms with Crippen LogP contribution in [0.15, 0.2) is 30.5 Å². The first kappa shape index (κ1) is 11.3. The molecule has 4 nitrogen and oxygen atoms in total. The standard InChI is InChI=1S/C15H19N3O/c19-15(10-6-16-7-10)5-13-11-3-1-2-4-12(11)14-8-17-9-18(13)14/h1-4,8,10,13,15-17,19H,5-7,9H2/t13-,15?/m1/s1. The number of aliphatic hydroxyl groups is 1. The zero-order valence-corrected chi connectivity index (χ0v) is 10.8. The largest absolute Gasteiger partial charge is 0.393 e. The second-order valence-electron chi connectivity index (χ2n) is 5.69. The molecule has 0 spiro atoms. The van der Waals surface area contributed by atoms with Gasteiger partial charge in [0.25, 0.3) is 0 Å². The van der Waals surface area contributed by atoms with Crippen molar-refractivity contribution in [2.45, 2.75) is 18.6 Å². The highest BCUT2D eigenvalue weighted by Crippen LogP contribution is 2.44. The van der Waals surface area contributed by atoms with Gasteiger partial charge in [-0.25, -0.2) is 0 Å². The predicted octanol–water partition coefficient (Wildman–Crippen LogP) is 0.873. The van der Waals surface area contributed by atoms with Gasteiger partial charge in [0.2, 0.25) is 0 Å². The third-order valence-corrected chi connectivity index (χ3v) is 4.60. The maximum absolute atomic E-state index is 10.4. The molecule has 1 unspecified atom stereocenters. The molecule has 0 aromatic heterocycles. The van der Waals surface area contributed by atoms with E-state index in [0.717, 1.165) is 26.2 Å². The Balaban J connectivity index is 1.62. The Morgan fingerprint density at radius 2 is 2.16 bits per heavy atom. The molecule has 100 valence electrons. The molecule has 2 atom stereocenters. The van der Waals surface area contributed by atoms with Crippen LogP contribution in [0.2, 0.25) is 0 Å². The van der Waals surface area contributed by atoms with Gasteiger partial charge in [0.15, 0.2) is 0 Å². The first-order valence-electron chi connectivity index (χ1n) is 7.03. The van der Waals surface area contributed by atoms with E-state index in [1.54, 1.807) is 0 Å². The highest BCUT2D eigenvalue weighted by molar-refractivity contribution is 5.73. The first-order chi connectivity index (χ1) is 9.34. The molecule has 0 aliphatic carbocycles. The highest BCUT2D eigenvalue weighted by atomic mass is 16.3. The SMILES string of the molecule is OC(C[C@@H]1c2ccccc2C2=CNCN21)C1CNC1. The van der Waals surface area contributed by atoms with E-state index >= 15 is 0 Å². The maximum Gasteiger partial charge on any atom is 0.0879 e. The fraction of sp³-hybridized carbons (Fsp3) is 0.467. The molecule has 1 aromatic carbocycles. The lowest BCUT2D eigenvalue weighted by Crippen LogP contribution is -2.49. The second-order valence-corrected chi connectivity index (χ2v) is 5.69. The molecule has 0 amide bonds. The van der Waals surface area contributed by atoms with Crippen LogP contribution in [0.5, 0.6) is 0 Å². The summed E-state index contributed by atoms with van der Waals surface area (Å²) >= 11 is 0. The average molecular weight is 257 g/mol. The van der Waals surface area contributed by atoms with Crippen molar-refractivity contribution in [3.05, 3.63) is 41.6 Å². The summed E-state index contributed by atoms with van der Waals surface area (Å²) in [6.07, 6.45) is 2.71. The molecule has 0 radical (unpaired) electrons. The Morgan fingerprint density at radius 3 is 2.95 bits per heavy atom. The van der Waals surface area contributed by atoms with Gasteiger partial charge in [-0.1, -0.05) is 24.3 Å². The lowest BCUT2D eigenvalue weighted by atomic mass is 9.89. The van der Waals surface area contributed by atoms with Crippen molar-refractivity contribution in [1.82, 2.24) is 15.5 Å². The summed E-state index contributed by atoms with van der Waals surface area (Å²) in [4.78, 5) is 2.37. The quantitative estimate of drug-likeness (QED) is 0.752. The molecular weight excluding hydrogens is 238 g/mol. The number of hydrogen-bond donors (Lipinski definition) is 3. The fourth-order valence-corrected chi connectivity index (χ4v) is 3.37. The normalized spacial score (nSPS) is 26.3. The number of benzene rings is 1. The van der Waals surface area contributed by atoms with Crippen molar-refractivity contribution in [3.63, 3.8) is 0 Å². The summed E-state index contributed by atoms with van der Waals surface area (Å²) in [6.45, 7) is 2.76. The smallest absolute Gasteiger partial charge is 0.0879 e. The first-order valence-corrected chi connectivity index (χ1v) is 7.03. The fourth-order valence-electron chi connectivity index (χ4n) is 3.37. The number of hydrogen-bond acceptors (Lipinski definition) is 4. The maximum atomic E-state index is 10.4. The molecule has 1 fully saturated rings. The van der Waals surface area contributed by atoms with Gasteiger partial charge in [-0.2, -0.15) is 0 Å². The minimum Gasteiger partial charge on any atom is -0.393 e. The van der Waals surface area contributed by atoms with Gasteiger partial charge in [-0.05, 0) is 12.0 Å². The second kappa shape index (κ2) is 4.25. The molecule has 0 saturated carbocycles. The van der Waals surface area contributed by atoms with Crippen LogP contribution in [0, 0.1) is 5.92 Å². The van der Waals surface area contributed by atoms with Gasteiger partial charge in [0.1, 0.15) is 0 Å². The number of nitrogens with one attached hydrogen (secondary N) is 2. The zero-order chi connectivity index (χ0) is 12.8. The average Bonchev–Trinajstić information content (AvgIpc) is 2.91. The summed E-state index contributed by atoms with van der Waals surface area (Å²) in [6, 6.07) is 8.88. The van der Waals surface area contributed by atoms with Crippen LogP contribution in [-0.4, -0.2) is 35.9 Å². The summed E-state index contributed by atoms with van der Waals surface area (Å²) in [7, 11) is 0. The number of aliphatic hydroxyl groups excluding tert-OH is 1. The van der Waals surface area contributed by atoms with Crippen LogP contribution in [-0.2, 0) is 0 Å². The molecular formula is C15H19N3O. The van der Waals surface area contributed by atoms with Crippen LogP contribution in [0.1, 0.15) is 23.6 Å². The van der Waals surface area contributed by atoms with Gasteiger partial charge in [0.05, 0.1) is 24.5 Å². The molecule has 0 bridgehead atoms. The van der Waals surface area contributed by atoms with Crippen molar-refractivity contribution < 1.29 is 5.11 Å². The van der Waals surface area contributed by atoms with Crippen LogP contribution in [0.3, 0.4) is 0 Å². The number of nitrogens with zero attached hydrogens (tertiary/aromatic N) is 1. The van der Waals surface area contributed by atoms with Crippen molar-refractivity contribution in [3.8, 4) is 0 Å². The van der Waals surface area contributed by atoms with Gasteiger partial charge >= 0.3 is 0 Å². The lowest BCUT2D eigenvalue weighted by molar-refractivity contribution is 0.0504. The van der Waals surface area contributed by atoms with Gasteiger partial charge < -0.3 is 20.6 Å². The molecule has 19 heavy (non-hydrogen) atoms. The van der Waals surface area contributed by atoms with E-state index < -0.39 is 0 Å². The summed E-state index contributed by atoms with van der Waals surface area (Å²) in [5.41, 5.74) is 3.96. The monoisotopic (exact) mass is 257 g/mol. The van der Waals surface area contributed by atoms with Crippen LogP contribution in [0.4, 0.5) is 0 Å². The Labute approximate surface area is 113 Å². The topological polar surface area (TPSA) is 47.5 Å². The van der Waals surface area contributed by atoms with Gasteiger partial charge in [0, 0.05) is 30.8 Å². The molecule has 4 heteroatoms. The van der Waals surface area contributed by atoms with E-state index in [2.05, 4.69) is 46.0 Å². The molecule has 1 aromatic rings. The van der Waals surface area contributed by atoms with E-state index in [0.29, 0.717) is 12.0 Å². The van der Waals surface area contributed by atoms with Crippen LogP contribution >= 0.6 is 0 Å². The van der Waals surface area contributed by atoms with E-state index in [1.165, 1.54) is 16.8 Å². The summed E-state index contributed by atoms with van der Waals surface area (Å²) < 4.78 is 0. The zero-order valence-electron chi connectivity index (χ0n) is 10.8. The van der Waals surface area contributed by atoms with Gasteiger partial charge in [-0.3, -0.25) is 0 Å². The summed E-state index contributed by atoms with van der Waals surface area (Å²) in [5, 5.41) is 16.9.